The first-order valence-electron chi connectivity index (χ1n) is 4.06. The van der Waals surface area contributed by atoms with E-state index in [1.807, 2.05) is 42.1 Å². The van der Waals surface area contributed by atoms with Crippen LogP contribution in [0.3, 0.4) is 0 Å². The van der Waals surface area contributed by atoms with Crippen LogP contribution in [0.2, 0.25) is 0 Å². The number of hydrogen-bond donors (Lipinski definition) is 1. The molecule has 0 aliphatic heterocycles. The van der Waals surface area contributed by atoms with Gasteiger partial charge in [-0.1, -0.05) is 0 Å². The molecule has 0 spiro atoms. The molecule has 1 aromatic heterocycles. The van der Waals surface area contributed by atoms with Gasteiger partial charge in [0.25, 0.3) is 0 Å². The second-order valence-corrected chi connectivity index (χ2v) is 2.96. The van der Waals surface area contributed by atoms with Crippen molar-refractivity contribution in [3.8, 4) is 0 Å². The standard InChI is InChI=1S/C10H10N2O/c1-12-5-4-8-6-9(11-7-13)2-3-10(8)12/h2-7H,1H3,(H,11,13). The van der Waals surface area contributed by atoms with E-state index in [0.717, 1.165) is 16.6 Å². The zero-order chi connectivity index (χ0) is 9.26. The van der Waals surface area contributed by atoms with Gasteiger partial charge in [0, 0.05) is 29.8 Å². The van der Waals surface area contributed by atoms with Crippen LogP contribution in [0.4, 0.5) is 5.69 Å². The molecule has 0 fully saturated rings. The highest BCUT2D eigenvalue weighted by Crippen LogP contribution is 2.18. The van der Waals surface area contributed by atoms with Crippen LogP contribution in [0.15, 0.2) is 30.5 Å². The third-order valence-electron chi connectivity index (χ3n) is 2.11. The lowest BCUT2D eigenvalue weighted by atomic mass is 10.2. The van der Waals surface area contributed by atoms with Crippen molar-refractivity contribution in [1.82, 2.24) is 4.57 Å². The summed E-state index contributed by atoms with van der Waals surface area (Å²) in [5.41, 5.74) is 1.99. The highest BCUT2D eigenvalue weighted by molar-refractivity contribution is 5.86. The number of aromatic nitrogens is 1. The summed E-state index contributed by atoms with van der Waals surface area (Å²) < 4.78 is 2.04. The Morgan fingerprint density at radius 3 is 3.00 bits per heavy atom. The predicted octanol–water partition coefficient (Wildman–Crippen LogP) is 1.75. The van der Waals surface area contributed by atoms with E-state index in [4.69, 9.17) is 0 Å². The van der Waals surface area contributed by atoms with Gasteiger partial charge in [-0.2, -0.15) is 0 Å². The average molecular weight is 174 g/mol. The molecule has 0 bridgehead atoms. The van der Waals surface area contributed by atoms with Gasteiger partial charge in [-0.05, 0) is 24.3 Å². The molecule has 0 saturated heterocycles. The lowest BCUT2D eigenvalue weighted by Gasteiger charge is -1.99. The molecular weight excluding hydrogens is 164 g/mol. The first-order valence-corrected chi connectivity index (χ1v) is 4.06. The van der Waals surface area contributed by atoms with E-state index in [1.54, 1.807) is 0 Å². The van der Waals surface area contributed by atoms with Crippen LogP contribution in [0.5, 0.6) is 0 Å². The predicted molar refractivity (Wildman–Crippen MR) is 52.6 cm³/mol. The molecule has 0 aliphatic carbocycles. The van der Waals surface area contributed by atoms with Crippen LogP contribution in [0.1, 0.15) is 0 Å². The first kappa shape index (κ1) is 7.86. The minimum atomic E-state index is 0.685. The summed E-state index contributed by atoms with van der Waals surface area (Å²) in [6.45, 7) is 0. The highest BCUT2D eigenvalue weighted by atomic mass is 16.1. The fourth-order valence-electron chi connectivity index (χ4n) is 1.44. The Morgan fingerprint density at radius 2 is 2.23 bits per heavy atom. The molecule has 0 aliphatic rings. The summed E-state index contributed by atoms with van der Waals surface area (Å²) in [6, 6.07) is 7.84. The molecule has 66 valence electrons. The van der Waals surface area contributed by atoms with Crippen molar-refractivity contribution in [2.75, 3.05) is 5.32 Å². The van der Waals surface area contributed by atoms with Crippen LogP contribution in [-0.2, 0) is 11.8 Å². The number of carbonyl (C=O) groups is 1. The van der Waals surface area contributed by atoms with Crippen molar-refractivity contribution < 1.29 is 4.79 Å². The molecule has 1 aromatic carbocycles. The maximum Gasteiger partial charge on any atom is 0.211 e. The van der Waals surface area contributed by atoms with Gasteiger partial charge in [-0.3, -0.25) is 4.79 Å². The summed E-state index contributed by atoms with van der Waals surface area (Å²) in [7, 11) is 2.00. The van der Waals surface area contributed by atoms with Crippen LogP contribution in [-0.4, -0.2) is 11.0 Å². The largest absolute Gasteiger partial charge is 0.351 e. The smallest absolute Gasteiger partial charge is 0.211 e. The fraction of sp³-hybridized carbons (Fsp3) is 0.100. The number of amides is 1. The number of fused-ring (bicyclic) bond motifs is 1. The van der Waals surface area contributed by atoms with Gasteiger partial charge in [-0.15, -0.1) is 0 Å². The molecule has 0 atom stereocenters. The Balaban J connectivity index is 2.56. The van der Waals surface area contributed by atoms with E-state index < -0.39 is 0 Å². The molecule has 0 saturated carbocycles. The number of rotatable bonds is 2. The van der Waals surface area contributed by atoms with Gasteiger partial charge in [-0.25, -0.2) is 0 Å². The third-order valence-corrected chi connectivity index (χ3v) is 2.11. The van der Waals surface area contributed by atoms with Crippen molar-refractivity contribution in [2.45, 2.75) is 0 Å². The molecule has 1 heterocycles. The zero-order valence-electron chi connectivity index (χ0n) is 7.32. The molecule has 1 amide bonds. The minimum Gasteiger partial charge on any atom is -0.351 e. The van der Waals surface area contributed by atoms with E-state index in [-0.39, 0.29) is 0 Å². The van der Waals surface area contributed by atoms with E-state index in [2.05, 4.69) is 5.32 Å². The molecule has 0 unspecified atom stereocenters. The number of aryl methyl sites for hydroxylation is 1. The Bertz CT molecular complexity index is 445. The average Bonchev–Trinajstić information content (AvgIpc) is 2.48. The number of benzene rings is 1. The number of nitrogens with zero attached hydrogens (tertiary/aromatic N) is 1. The zero-order valence-corrected chi connectivity index (χ0v) is 7.32. The van der Waals surface area contributed by atoms with Crippen molar-refractivity contribution in [3.63, 3.8) is 0 Å². The third kappa shape index (κ3) is 1.28. The SMILES string of the molecule is Cn1ccc2cc(NC=O)ccc21. The second-order valence-electron chi connectivity index (χ2n) is 2.96. The lowest BCUT2D eigenvalue weighted by molar-refractivity contribution is -0.105. The van der Waals surface area contributed by atoms with Crippen molar-refractivity contribution in [1.29, 1.82) is 0 Å². The number of carbonyl (C=O) groups excluding carboxylic acids is 1. The van der Waals surface area contributed by atoms with Crippen LogP contribution in [0, 0.1) is 0 Å². The van der Waals surface area contributed by atoms with E-state index in [9.17, 15) is 4.79 Å². The Hall–Kier alpha value is -1.77. The fourth-order valence-corrected chi connectivity index (χ4v) is 1.44. The molecule has 3 heteroatoms. The molecule has 2 rings (SSSR count). The maximum absolute atomic E-state index is 10.2. The molecule has 1 N–H and O–H groups in total. The Kier molecular flexibility index (Phi) is 1.77. The van der Waals surface area contributed by atoms with Gasteiger partial charge in [0.15, 0.2) is 0 Å². The van der Waals surface area contributed by atoms with Crippen molar-refractivity contribution >= 4 is 23.0 Å². The van der Waals surface area contributed by atoms with E-state index >= 15 is 0 Å². The summed E-state index contributed by atoms with van der Waals surface area (Å²) in [5.74, 6) is 0. The maximum atomic E-state index is 10.2. The van der Waals surface area contributed by atoms with Gasteiger partial charge in [0.1, 0.15) is 0 Å². The molecule has 13 heavy (non-hydrogen) atoms. The highest BCUT2D eigenvalue weighted by Gasteiger charge is 1.97. The number of hydrogen-bond acceptors (Lipinski definition) is 1. The first-order chi connectivity index (χ1) is 6.31. The summed E-state index contributed by atoms with van der Waals surface area (Å²) in [5, 5.41) is 3.75. The van der Waals surface area contributed by atoms with Gasteiger partial charge in [0.05, 0.1) is 0 Å². The molecular formula is C10H10N2O. The van der Waals surface area contributed by atoms with E-state index in [1.165, 1.54) is 0 Å². The van der Waals surface area contributed by atoms with Gasteiger partial charge < -0.3 is 9.88 Å². The van der Waals surface area contributed by atoms with Gasteiger partial charge in [0.2, 0.25) is 6.41 Å². The molecule has 0 radical (unpaired) electrons. The topological polar surface area (TPSA) is 34.0 Å². The monoisotopic (exact) mass is 174 g/mol. The molecule has 2 aromatic rings. The van der Waals surface area contributed by atoms with Crippen molar-refractivity contribution in [3.05, 3.63) is 30.5 Å². The second kappa shape index (κ2) is 2.94. The number of anilines is 1. The van der Waals surface area contributed by atoms with E-state index in [0.29, 0.717) is 6.41 Å². The molecule has 3 nitrogen and oxygen atoms in total. The summed E-state index contributed by atoms with van der Waals surface area (Å²) in [4.78, 5) is 10.2. The Morgan fingerprint density at radius 1 is 1.38 bits per heavy atom. The quantitative estimate of drug-likeness (QED) is 0.691. The van der Waals surface area contributed by atoms with Crippen LogP contribution >= 0.6 is 0 Å². The van der Waals surface area contributed by atoms with Gasteiger partial charge >= 0.3 is 0 Å². The van der Waals surface area contributed by atoms with Crippen molar-refractivity contribution in [2.24, 2.45) is 7.05 Å². The van der Waals surface area contributed by atoms with Crippen LogP contribution < -0.4 is 5.32 Å². The van der Waals surface area contributed by atoms with Crippen LogP contribution in [0.25, 0.3) is 10.9 Å². The Labute approximate surface area is 76.0 Å². The summed E-state index contributed by atoms with van der Waals surface area (Å²) >= 11 is 0. The lowest BCUT2D eigenvalue weighted by Crippen LogP contribution is -1.93. The summed E-state index contributed by atoms with van der Waals surface area (Å²) in [6.07, 6.45) is 2.68. The normalized spacial score (nSPS) is 10.2. The number of nitrogens with one attached hydrogen (secondary N) is 1. The minimum absolute atomic E-state index is 0.685.